The monoisotopic (exact) mass is 470 g/mol. The summed E-state index contributed by atoms with van der Waals surface area (Å²) in [5.41, 5.74) is -0.0751. The number of pyridine rings is 1. The zero-order valence-corrected chi connectivity index (χ0v) is 18.5. The quantitative estimate of drug-likeness (QED) is 0.274. The van der Waals surface area contributed by atoms with Gasteiger partial charge in [0.25, 0.3) is 0 Å². The van der Waals surface area contributed by atoms with Gasteiger partial charge < -0.3 is 14.8 Å². The van der Waals surface area contributed by atoms with Crippen LogP contribution in [0.25, 0.3) is 10.7 Å². The fourth-order valence-electron chi connectivity index (χ4n) is 2.38. The number of thiazole rings is 1. The highest BCUT2D eigenvalue weighted by molar-refractivity contribution is 7.15. The molecule has 2 aromatic heterocycles. The van der Waals surface area contributed by atoms with Gasteiger partial charge in [-0.1, -0.05) is 6.92 Å². The molecule has 9 nitrogen and oxygen atoms in total. The summed E-state index contributed by atoms with van der Waals surface area (Å²) in [5, 5.41) is 19.6. The summed E-state index contributed by atoms with van der Waals surface area (Å²) in [6, 6.07) is 2.18. The molecule has 0 aromatic carbocycles. The molecule has 0 radical (unpaired) electrons. The number of rotatable bonds is 7. The minimum Gasteiger partial charge on any atom is -0.437 e. The molecule has 2 N–H and O–H groups in total. The number of nitrogens with zero attached hydrogens (tertiary/aromatic N) is 4. The molecule has 0 amide bonds. The summed E-state index contributed by atoms with van der Waals surface area (Å²) in [6.07, 6.45) is -4.14. The third-order valence-corrected chi connectivity index (χ3v) is 5.13. The normalized spacial score (nSPS) is 12.6. The van der Waals surface area contributed by atoms with Gasteiger partial charge in [0.1, 0.15) is 22.1 Å². The minimum absolute atomic E-state index is 0.0276. The molecule has 0 unspecified atom stereocenters. The van der Waals surface area contributed by atoms with Crippen molar-refractivity contribution in [3.8, 4) is 10.7 Å². The lowest BCUT2D eigenvalue weighted by Crippen LogP contribution is -2.27. The van der Waals surface area contributed by atoms with Gasteiger partial charge in [-0.3, -0.25) is 10.4 Å². The lowest BCUT2D eigenvalue weighted by Gasteiger charge is -2.06. The number of methoxy groups -OCH3 is 1. The number of nitrogens with one attached hydrogen (secondary N) is 2. The number of carbonyl (C=O) groups excluding carboxylic acids is 1. The van der Waals surface area contributed by atoms with E-state index < -0.39 is 17.9 Å². The first-order chi connectivity index (χ1) is 15.1. The summed E-state index contributed by atoms with van der Waals surface area (Å²) in [5.74, 6) is -0.0816. The van der Waals surface area contributed by atoms with E-state index in [1.165, 1.54) is 24.3 Å². The van der Waals surface area contributed by atoms with Crippen LogP contribution in [0.2, 0.25) is 0 Å². The Kier molecular flexibility index (Phi) is 8.55. The van der Waals surface area contributed by atoms with Crippen LogP contribution in [-0.4, -0.2) is 54.1 Å². The third kappa shape index (κ3) is 6.40. The SMILES string of the molecule is CCc1sc(-c2ccc(C(F)(F)F)cn2)nc1C(=N)/C(CNC)=N/N=C(\C)OC(=O)OC. The first kappa shape index (κ1) is 25.1. The molecule has 2 aromatic rings. The summed E-state index contributed by atoms with van der Waals surface area (Å²) >= 11 is 1.23. The van der Waals surface area contributed by atoms with Crippen molar-refractivity contribution in [2.24, 2.45) is 10.2 Å². The predicted molar refractivity (Wildman–Crippen MR) is 115 cm³/mol. The van der Waals surface area contributed by atoms with Crippen LogP contribution in [0, 0.1) is 5.41 Å². The molecule has 0 atom stereocenters. The van der Waals surface area contributed by atoms with E-state index in [2.05, 4.69) is 30.2 Å². The van der Waals surface area contributed by atoms with Gasteiger partial charge >= 0.3 is 12.3 Å². The molecule has 172 valence electrons. The summed E-state index contributed by atoms with van der Waals surface area (Å²) < 4.78 is 47.5. The van der Waals surface area contributed by atoms with Crippen molar-refractivity contribution >= 4 is 34.8 Å². The largest absolute Gasteiger partial charge is 0.514 e. The zero-order valence-electron chi connectivity index (χ0n) is 17.7. The Morgan fingerprint density at radius 2 is 2.03 bits per heavy atom. The second kappa shape index (κ2) is 10.9. The smallest absolute Gasteiger partial charge is 0.437 e. The first-order valence-corrected chi connectivity index (χ1v) is 10.1. The first-order valence-electron chi connectivity index (χ1n) is 9.24. The average molecular weight is 470 g/mol. The maximum absolute atomic E-state index is 12.8. The van der Waals surface area contributed by atoms with E-state index in [9.17, 15) is 18.0 Å². The lowest BCUT2D eigenvalue weighted by molar-refractivity contribution is -0.137. The second-order valence-corrected chi connectivity index (χ2v) is 7.29. The number of aromatic nitrogens is 2. The zero-order chi connectivity index (χ0) is 23.9. The van der Waals surface area contributed by atoms with Gasteiger partial charge in [0.2, 0.25) is 5.90 Å². The third-order valence-electron chi connectivity index (χ3n) is 3.91. The van der Waals surface area contributed by atoms with Crippen LogP contribution in [0.1, 0.15) is 30.0 Å². The predicted octanol–water partition coefficient (Wildman–Crippen LogP) is 3.93. The van der Waals surface area contributed by atoms with Crippen LogP contribution in [0.4, 0.5) is 18.0 Å². The number of hydrogen-bond acceptors (Lipinski definition) is 10. The number of halogens is 3. The van der Waals surface area contributed by atoms with Crippen molar-refractivity contribution in [3.05, 3.63) is 34.5 Å². The summed E-state index contributed by atoms with van der Waals surface area (Å²) in [4.78, 5) is 20.2. The minimum atomic E-state index is -4.48. The van der Waals surface area contributed by atoms with Gasteiger partial charge in [-0.25, -0.2) is 9.78 Å². The van der Waals surface area contributed by atoms with Gasteiger partial charge in [0.05, 0.1) is 18.4 Å². The summed E-state index contributed by atoms with van der Waals surface area (Å²) in [6.45, 7) is 3.44. The molecular formula is C19H21F3N6O3S. The topological polar surface area (TPSA) is 122 Å². The van der Waals surface area contributed by atoms with Crippen molar-refractivity contribution in [2.45, 2.75) is 26.4 Å². The molecule has 32 heavy (non-hydrogen) atoms. The van der Waals surface area contributed by atoms with Crippen molar-refractivity contribution in [1.29, 1.82) is 5.41 Å². The maximum atomic E-state index is 12.8. The van der Waals surface area contributed by atoms with Gasteiger partial charge in [-0.05, 0) is 25.6 Å². The van der Waals surface area contributed by atoms with Crippen LogP contribution in [0.15, 0.2) is 28.5 Å². The molecule has 0 fully saturated rings. The number of hydrogen-bond donors (Lipinski definition) is 2. The van der Waals surface area contributed by atoms with Gasteiger partial charge in [0, 0.05) is 24.5 Å². The molecule has 2 heterocycles. The Balaban J connectivity index is 2.37. The van der Waals surface area contributed by atoms with Crippen molar-refractivity contribution < 1.29 is 27.4 Å². The molecule has 0 aliphatic heterocycles. The fraction of sp³-hybridized carbons (Fsp3) is 0.368. The number of aryl methyl sites for hydroxylation is 1. The van der Waals surface area contributed by atoms with Crippen LogP contribution >= 0.6 is 11.3 Å². The molecule has 0 spiro atoms. The van der Waals surface area contributed by atoms with E-state index in [1.54, 1.807) is 7.05 Å². The highest BCUT2D eigenvalue weighted by Crippen LogP contribution is 2.32. The van der Waals surface area contributed by atoms with E-state index in [0.29, 0.717) is 17.1 Å². The van der Waals surface area contributed by atoms with Crippen LogP contribution in [-0.2, 0) is 22.1 Å². The lowest BCUT2D eigenvalue weighted by atomic mass is 10.1. The van der Waals surface area contributed by atoms with Crippen molar-refractivity contribution in [3.63, 3.8) is 0 Å². The van der Waals surface area contributed by atoms with Gasteiger partial charge in [-0.2, -0.15) is 13.2 Å². The number of alkyl halides is 3. The number of ether oxygens (including phenoxy) is 2. The number of carbonyl (C=O) groups is 1. The van der Waals surface area contributed by atoms with E-state index in [1.807, 2.05) is 6.92 Å². The second-order valence-electron chi connectivity index (χ2n) is 6.20. The van der Waals surface area contributed by atoms with E-state index in [0.717, 1.165) is 24.3 Å². The Morgan fingerprint density at radius 3 is 2.56 bits per heavy atom. The van der Waals surface area contributed by atoms with Crippen molar-refractivity contribution in [2.75, 3.05) is 20.7 Å². The molecule has 0 aliphatic rings. The van der Waals surface area contributed by atoms with Crippen LogP contribution in [0.5, 0.6) is 0 Å². The highest BCUT2D eigenvalue weighted by atomic mass is 32.1. The summed E-state index contributed by atoms with van der Waals surface area (Å²) in [7, 11) is 2.81. The van der Waals surface area contributed by atoms with E-state index >= 15 is 0 Å². The van der Waals surface area contributed by atoms with Crippen LogP contribution < -0.4 is 5.32 Å². The Morgan fingerprint density at radius 1 is 1.31 bits per heavy atom. The Bertz CT molecular complexity index is 1030. The molecule has 13 heteroatoms. The van der Waals surface area contributed by atoms with E-state index in [-0.39, 0.29) is 29.6 Å². The highest BCUT2D eigenvalue weighted by Gasteiger charge is 2.31. The molecule has 0 aliphatic carbocycles. The van der Waals surface area contributed by atoms with Gasteiger partial charge in [0.15, 0.2) is 0 Å². The molecule has 0 bridgehead atoms. The standard InChI is InChI=1S/C19H21F3N6O3S/c1-5-14-16(15(23)13(9-24-3)28-27-10(2)31-18(29)30-4)26-17(32-14)12-7-6-11(8-25-12)19(20,21)22/h6-8,23-24H,5,9H2,1-4H3/b23-15?,27-10+,28-13+. The van der Waals surface area contributed by atoms with Crippen molar-refractivity contribution in [1.82, 2.24) is 15.3 Å². The Labute approximate surface area is 185 Å². The fourth-order valence-corrected chi connectivity index (χ4v) is 3.36. The van der Waals surface area contributed by atoms with Crippen LogP contribution in [0.3, 0.4) is 0 Å². The molecular weight excluding hydrogens is 449 g/mol. The average Bonchev–Trinajstić information content (AvgIpc) is 3.20. The molecule has 0 saturated carbocycles. The van der Waals surface area contributed by atoms with Gasteiger partial charge in [-0.15, -0.1) is 21.5 Å². The van der Waals surface area contributed by atoms with E-state index in [4.69, 9.17) is 10.1 Å². The molecule has 2 rings (SSSR count). The maximum Gasteiger partial charge on any atom is 0.514 e. The Hall–Kier alpha value is -3.19. The molecule has 0 saturated heterocycles.